The lowest BCUT2D eigenvalue weighted by Gasteiger charge is -2.05. The third kappa shape index (κ3) is 2.95. The lowest BCUT2D eigenvalue weighted by molar-refractivity contribution is 0.281. The smallest absolute Gasteiger partial charge is 0.174 e. The maximum Gasteiger partial charge on any atom is 0.174 e. The number of aliphatic hydroxyl groups excluding tert-OH is 1. The normalized spacial score (nSPS) is 11.0. The van der Waals surface area contributed by atoms with Gasteiger partial charge in [-0.3, -0.25) is 0 Å². The molecule has 0 atom stereocenters. The van der Waals surface area contributed by atoms with Crippen molar-refractivity contribution in [2.75, 3.05) is 0 Å². The summed E-state index contributed by atoms with van der Waals surface area (Å²) in [7, 11) is 0. The van der Waals surface area contributed by atoms with E-state index in [1.54, 1.807) is 0 Å². The second-order valence-electron chi connectivity index (χ2n) is 4.75. The SMILES string of the molecule is OCc1c(-c2ccc(F)cc2Cl)noc1-c1ccc(F)cc1Cl. The van der Waals surface area contributed by atoms with Gasteiger partial charge in [0.1, 0.15) is 17.3 Å². The van der Waals surface area contributed by atoms with E-state index in [0.717, 1.165) is 12.1 Å². The topological polar surface area (TPSA) is 46.3 Å². The summed E-state index contributed by atoms with van der Waals surface area (Å²) in [6, 6.07) is 7.57. The molecule has 3 aromatic rings. The van der Waals surface area contributed by atoms with Gasteiger partial charge in [0.2, 0.25) is 0 Å². The van der Waals surface area contributed by atoms with E-state index in [2.05, 4.69) is 5.16 Å². The van der Waals surface area contributed by atoms with Crippen molar-refractivity contribution in [2.45, 2.75) is 6.61 Å². The first-order valence-electron chi connectivity index (χ1n) is 6.51. The van der Waals surface area contributed by atoms with E-state index in [9.17, 15) is 13.9 Å². The fourth-order valence-corrected chi connectivity index (χ4v) is 2.74. The van der Waals surface area contributed by atoms with E-state index < -0.39 is 18.2 Å². The average Bonchev–Trinajstić information content (AvgIpc) is 2.90. The van der Waals surface area contributed by atoms with Gasteiger partial charge in [0, 0.05) is 11.1 Å². The Morgan fingerprint density at radius 2 is 1.52 bits per heavy atom. The van der Waals surface area contributed by atoms with Crippen LogP contribution in [0, 0.1) is 11.6 Å². The van der Waals surface area contributed by atoms with Gasteiger partial charge in [-0.15, -0.1) is 0 Å². The third-order valence-corrected chi connectivity index (χ3v) is 3.93. The third-order valence-electron chi connectivity index (χ3n) is 3.31. The molecule has 23 heavy (non-hydrogen) atoms. The number of hydrogen-bond donors (Lipinski definition) is 1. The highest BCUT2D eigenvalue weighted by Crippen LogP contribution is 2.38. The van der Waals surface area contributed by atoms with Crippen molar-refractivity contribution in [1.82, 2.24) is 5.16 Å². The highest BCUT2D eigenvalue weighted by Gasteiger charge is 2.22. The summed E-state index contributed by atoms with van der Waals surface area (Å²) in [6.45, 7) is -0.407. The molecule has 0 bridgehead atoms. The summed E-state index contributed by atoms with van der Waals surface area (Å²) in [6.07, 6.45) is 0. The fraction of sp³-hybridized carbons (Fsp3) is 0.0625. The first kappa shape index (κ1) is 15.9. The van der Waals surface area contributed by atoms with Crippen molar-refractivity contribution in [3.8, 4) is 22.6 Å². The van der Waals surface area contributed by atoms with Gasteiger partial charge < -0.3 is 9.63 Å². The molecular formula is C16H9Cl2F2NO2. The van der Waals surface area contributed by atoms with Crippen LogP contribution in [-0.4, -0.2) is 10.3 Å². The van der Waals surface area contributed by atoms with Crippen LogP contribution in [0.1, 0.15) is 5.56 Å². The lowest BCUT2D eigenvalue weighted by atomic mass is 10.0. The van der Waals surface area contributed by atoms with Gasteiger partial charge in [0.25, 0.3) is 0 Å². The van der Waals surface area contributed by atoms with E-state index in [1.165, 1.54) is 24.3 Å². The van der Waals surface area contributed by atoms with E-state index in [0.29, 0.717) is 16.7 Å². The van der Waals surface area contributed by atoms with Crippen LogP contribution in [-0.2, 0) is 6.61 Å². The second kappa shape index (κ2) is 6.28. The minimum Gasteiger partial charge on any atom is -0.391 e. The lowest BCUT2D eigenvalue weighted by Crippen LogP contribution is -1.91. The van der Waals surface area contributed by atoms with Gasteiger partial charge in [0.05, 0.1) is 22.2 Å². The van der Waals surface area contributed by atoms with Crippen LogP contribution in [0.2, 0.25) is 10.0 Å². The molecule has 3 rings (SSSR count). The average molecular weight is 356 g/mol. The van der Waals surface area contributed by atoms with E-state index in [-0.39, 0.29) is 21.5 Å². The van der Waals surface area contributed by atoms with Crippen LogP contribution < -0.4 is 0 Å². The zero-order chi connectivity index (χ0) is 16.6. The molecule has 0 aliphatic carbocycles. The molecule has 0 spiro atoms. The van der Waals surface area contributed by atoms with Gasteiger partial charge >= 0.3 is 0 Å². The summed E-state index contributed by atoms with van der Waals surface area (Å²) < 4.78 is 31.6. The molecule has 1 aromatic heterocycles. The summed E-state index contributed by atoms with van der Waals surface area (Å²) in [5.41, 5.74) is 1.39. The predicted molar refractivity (Wildman–Crippen MR) is 83.2 cm³/mol. The van der Waals surface area contributed by atoms with Crippen LogP contribution in [0.3, 0.4) is 0 Å². The predicted octanol–water partition coefficient (Wildman–Crippen LogP) is 5.09. The molecule has 118 valence electrons. The van der Waals surface area contributed by atoms with Gasteiger partial charge in [-0.1, -0.05) is 28.4 Å². The second-order valence-corrected chi connectivity index (χ2v) is 5.56. The van der Waals surface area contributed by atoms with Gasteiger partial charge in [-0.25, -0.2) is 8.78 Å². The first-order valence-corrected chi connectivity index (χ1v) is 7.27. The molecule has 0 aliphatic heterocycles. The molecule has 0 unspecified atom stereocenters. The molecule has 7 heteroatoms. The number of benzene rings is 2. The molecule has 0 amide bonds. The van der Waals surface area contributed by atoms with Crippen LogP contribution in [0.4, 0.5) is 8.78 Å². The number of halogens is 4. The summed E-state index contributed by atoms with van der Waals surface area (Å²) in [5.74, 6) is -0.784. The number of aliphatic hydroxyl groups is 1. The molecule has 0 saturated carbocycles. The number of hydrogen-bond acceptors (Lipinski definition) is 3. The van der Waals surface area contributed by atoms with E-state index in [4.69, 9.17) is 27.7 Å². The Morgan fingerprint density at radius 3 is 2.04 bits per heavy atom. The van der Waals surface area contributed by atoms with Crippen molar-refractivity contribution < 1.29 is 18.4 Å². The van der Waals surface area contributed by atoms with Gasteiger partial charge in [-0.2, -0.15) is 0 Å². The van der Waals surface area contributed by atoms with Crippen molar-refractivity contribution >= 4 is 23.2 Å². The van der Waals surface area contributed by atoms with Crippen LogP contribution in [0.25, 0.3) is 22.6 Å². The molecular weight excluding hydrogens is 347 g/mol. The standard InChI is InChI=1S/C16H9Cl2F2NO2/c17-13-5-8(19)1-3-10(13)15-12(7-22)16(23-21-15)11-4-2-9(20)6-14(11)18/h1-6,22H,7H2. The van der Waals surface area contributed by atoms with Crippen molar-refractivity contribution in [3.05, 3.63) is 63.6 Å². The molecule has 0 aliphatic rings. The zero-order valence-electron chi connectivity index (χ0n) is 11.5. The minimum atomic E-state index is -0.495. The van der Waals surface area contributed by atoms with Crippen LogP contribution in [0.15, 0.2) is 40.9 Å². The molecule has 3 nitrogen and oxygen atoms in total. The maximum absolute atomic E-state index is 13.2. The van der Waals surface area contributed by atoms with Crippen molar-refractivity contribution in [3.63, 3.8) is 0 Å². The highest BCUT2D eigenvalue weighted by molar-refractivity contribution is 6.34. The Hall–Kier alpha value is -1.95. The quantitative estimate of drug-likeness (QED) is 0.711. The zero-order valence-corrected chi connectivity index (χ0v) is 13.0. The van der Waals surface area contributed by atoms with E-state index in [1.807, 2.05) is 0 Å². The Kier molecular flexibility index (Phi) is 4.35. The van der Waals surface area contributed by atoms with E-state index >= 15 is 0 Å². The molecule has 1 heterocycles. The fourth-order valence-electron chi connectivity index (χ4n) is 2.23. The minimum absolute atomic E-state index is 0.118. The summed E-state index contributed by atoms with van der Waals surface area (Å²) in [4.78, 5) is 0. The monoisotopic (exact) mass is 355 g/mol. The summed E-state index contributed by atoms with van der Waals surface area (Å²) in [5, 5.41) is 13.8. The molecule has 2 aromatic carbocycles. The Balaban J connectivity index is 2.17. The van der Waals surface area contributed by atoms with Crippen LogP contribution in [0.5, 0.6) is 0 Å². The number of nitrogens with zero attached hydrogens (tertiary/aromatic N) is 1. The largest absolute Gasteiger partial charge is 0.391 e. The Morgan fingerprint density at radius 1 is 0.957 bits per heavy atom. The van der Waals surface area contributed by atoms with Crippen LogP contribution >= 0.6 is 23.2 Å². The highest BCUT2D eigenvalue weighted by atomic mass is 35.5. The number of aromatic nitrogens is 1. The maximum atomic E-state index is 13.2. The molecule has 0 radical (unpaired) electrons. The van der Waals surface area contributed by atoms with Gasteiger partial charge in [0.15, 0.2) is 5.76 Å². The van der Waals surface area contributed by atoms with Crippen molar-refractivity contribution in [2.24, 2.45) is 0 Å². The molecule has 0 fully saturated rings. The van der Waals surface area contributed by atoms with Crippen molar-refractivity contribution in [1.29, 1.82) is 0 Å². The molecule has 1 N–H and O–H groups in total. The summed E-state index contributed by atoms with van der Waals surface area (Å²) >= 11 is 12.0. The van der Waals surface area contributed by atoms with Gasteiger partial charge in [-0.05, 0) is 36.4 Å². The Labute approximate surface area is 140 Å². The first-order chi connectivity index (χ1) is 11.0. The number of rotatable bonds is 3. The Bertz CT molecular complexity index is 812. The molecule has 0 saturated heterocycles.